The van der Waals surface area contributed by atoms with Gasteiger partial charge in [0.2, 0.25) is 10.0 Å². The zero-order chi connectivity index (χ0) is 20.3. The number of nitrogens with zero attached hydrogens (tertiary/aromatic N) is 4. The van der Waals surface area contributed by atoms with E-state index in [1.807, 2.05) is 0 Å². The quantitative estimate of drug-likeness (QED) is 0.739. The van der Waals surface area contributed by atoms with E-state index in [1.165, 1.54) is 37.5 Å². The van der Waals surface area contributed by atoms with Gasteiger partial charge in [0, 0.05) is 31.4 Å². The van der Waals surface area contributed by atoms with Crippen molar-refractivity contribution in [2.75, 3.05) is 38.3 Å². The monoisotopic (exact) mass is 426 g/mol. The summed E-state index contributed by atoms with van der Waals surface area (Å²) in [6.45, 7) is 1.81. The lowest BCUT2D eigenvalue weighted by molar-refractivity contribution is 0.0695. The van der Waals surface area contributed by atoms with Gasteiger partial charge >= 0.3 is 5.97 Å². The fourth-order valence-corrected chi connectivity index (χ4v) is 3.97. The fraction of sp³-hybridized carbons (Fsp3) is 0.353. The number of hydrogen-bond acceptors (Lipinski definition) is 7. The molecule has 0 aliphatic carbocycles. The van der Waals surface area contributed by atoms with E-state index >= 15 is 0 Å². The maximum absolute atomic E-state index is 12.7. The van der Waals surface area contributed by atoms with Gasteiger partial charge < -0.3 is 14.7 Å². The molecule has 1 aromatic carbocycles. The highest BCUT2D eigenvalue weighted by molar-refractivity contribution is 7.89. The minimum absolute atomic E-state index is 0.0335. The van der Waals surface area contributed by atoms with Crippen molar-refractivity contribution in [1.29, 1.82) is 0 Å². The normalized spacial score (nSPS) is 15.0. The van der Waals surface area contributed by atoms with Crippen molar-refractivity contribution in [1.82, 2.24) is 14.3 Å². The van der Waals surface area contributed by atoms with Crippen LogP contribution in [0.2, 0.25) is 5.02 Å². The first kappa shape index (κ1) is 20.5. The third-order valence-electron chi connectivity index (χ3n) is 4.25. The summed E-state index contributed by atoms with van der Waals surface area (Å²) >= 11 is 5.81. The molecule has 150 valence electrons. The topological polar surface area (TPSA) is 113 Å². The highest BCUT2D eigenvalue weighted by Gasteiger charge is 2.25. The lowest BCUT2D eigenvalue weighted by Gasteiger charge is -2.29. The summed E-state index contributed by atoms with van der Waals surface area (Å²) in [5.41, 5.74) is -0.0335. The minimum atomic E-state index is -3.77. The molecule has 0 saturated carbocycles. The Balaban J connectivity index is 1.87. The molecule has 1 aromatic heterocycles. The Bertz CT molecular complexity index is 962. The number of ether oxygens (including phenoxy) is 1. The van der Waals surface area contributed by atoms with Crippen LogP contribution in [-0.2, 0) is 21.3 Å². The summed E-state index contributed by atoms with van der Waals surface area (Å²) in [5.74, 6) is -0.681. The van der Waals surface area contributed by atoms with Crippen molar-refractivity contribution in [3.05, 3.63) is 46.9 Å². The molecule has 1 aliphatic rings. The van der Waals surface area contributed by atoms with Crippen LogP contribution in [0.15, 0.2) is 35.4 Å². The van der Waals surface area contributed by atoms with Gasteiger partial charge in [0.05, 0.1) is 24.7 Å². The number of carbonyl (C=O) groups is 1. The third-order valence-corrected chi connectivity index (χ3v) is 6.32. The third kappa shape index (κ3) is 4.41. The molecule has 0 bridgehead atoms. The maximum atomic E-state index is 12.7. The number of anilines is 1. The number of carboxylic acid groups (broad SMARTS) is 1. The first-order valence-corrected chi connectivity index (χ1v) is 10.2. The first-order chi connectivity index (χ1) is 13.3. The van der Waals surface area contributed by atoms with Crippen LogP contribution in [0.5, 0.6) is 0 Å². The van der Waals surface area contributed by atoms with Crippen molar-refractivity contribution >= 4 is 33.4 Å². The van der Waals surface area contributed by atoms with E-state index in [4.69, 9.17) is 16.3 Å². The van der Waals surface area contributed by atoms with Crippen molar-refractivity contribution in [2.24, 2.45) is 0 Å². The van der Waals surface area contributed by atoms with Gasteiger partial charge in [-0.15, -0.1) is 0 Å². The Morgan fingerprint density at radius 2 is 1.93 bits per heavy atom. The van der Waals surface area contributed by atoms with Crippen LogP contribution in [0.4, 0.5) is 5.82 Å². The summed E-state index contributed by atoms with van der Waals surface area (Å²) in [6, 6.07) is 5.83. The van der Waals surface area contributed by atoms with Gasteiger partial charge in [-0.1, -0.05) is 11.6 Å². The molecule has 1 fully saturated rings. The predicted molar refractivity (Wildman–Crippen MR) is 102 cm³/mol. The molecule has 1 N–H and O–H groups in total. The Labute approximate surface area is 167 Å². The highest BCUT2D eigenvalue weighted by Crippen LogP contribution is 2.21. The average molecular weight is 427 g/mol. The molecule has 2 heterocycles. The molecule has 28 heavy (non-hydrogen) atoms. The van der Waals surface area contributed by atoms with E-state index in [9.17, 15) is 18.3 Å². The summed E-state index contributed by atoms with van der Waals surface area (Å²) in [6.07, 6.45) is 1.21. The number of morpholine rings is 1. The van der Waals surface area contributed by atoms with Gasteiger partial charge in [0.15, 0.2) is 0 Å². The van der Waals surface area contributed by atoms with Crippen LogP contribution < -0.4 is 4.90 Å². The van der Waals surface area contributed by atoms with E-state index < -0.39 is 16.0 Å². The number of sulfonamides is 1. The van der Waals surface area contributed by atoms with Gasteiger partial charge in [0.25, 0.3) is 0 Å². The highest BCUT2D eigenvalue weighted by atomic mass is 35.5. The lowest BCUT2D eigenvalue weighted by Crippen LogP contribution is -2.38. The van der Waals surface area contributed by atoms with Gasteiger partial charge in [0.1, 0.15) is 17.2 Å². The van der Waals surface area contributed by atoms with Crippen LogP contribution in [-0.4, -0.2) is 67.1 Å². The maximum Gasteiger partial charge on any atom is 0.341 e. The Kier molecular flexibility index (Phi) is 6.14. The Morgan fingerprint density at radius 3 is 2.54 bits per heavy atom. The van der Waals surface area contributed by atoms with Crippen LogP contribution in [0.25, 0.3) is 0 Å². The first-order valence-electron chi connectivity index (χ1n) is 8.43. The Hall–Kier alpha value is -2.27. The number of aromatic carboxylic acids is 1. The van der Waals surface area contributed by atoms with E-state index in [1.54, 1.807) is 4.90 Å². The van der Waals surface area contributed by atoms with Gasteiger partial charge in [-0.2, -0.15) is 4.31 Å². The molecule has 2 aromatic rings. The second kappa shape index (κ2) is 8.39. The SMILES string of the molecule is CN(Cc1ncc(C(=O)O)c(N2CCOCC2)n1)S(=O)(=O)c1ccc(Cl)cc1. The van der Waals surface area contributed by atoms with Crippen LogP contribution >= 0.6 is 11.6 Å². The van der Waals surface area contributed by atoms with Crippen molar-refractivity contribution in [3.8, 4) is 0 Å². The molecule has 3 rings (SSSR count). The molecule has 0 spiro atoms. The summed E-state index contributed by atoms with van der Waals surface area (Å²) in [4.78, 5) is 21.8. The van der Waals surface area contributed by atoms with Gasteiger partial charge in [-0.05, 0) is 24.3 Å². The zero-order valence-corrected chi connectivity index (χ0v) is 16.6. The molecule has 0 radical (unpaired) electrons. The summed E-state index contributed by atoms with van der Waals surface area (Å²) in [7, 11) is -2.36. The largest absolute Gasteiger partial charge is 0.477 e. The standard InChI is InChI=1S/C17H19ClN4O5S/c1-21(28(25,26)13-4-2-12(18)3-5-13)11-15-19-10-14(17(23)24)16(20-15)22-6-8-27-9-7-22/h2-5,10H,6-9,11H2,1H3,(H,23,24). The van der Waals surface area contributed by atoms with Crippen LogP contribution in [0.1, 0.15) is 16.2 Å². The van der Waals surface area contributed by atoms with Gasteiger partial charge in [-0.3, -0.25) is 0 Å². The van der Waals surface area contributed by atoms with Crippen LogP contribution in [0, 0.1) is 0 Å². The number of aromatic nitrogens is 2. The molecule has 11 heteroatoms. The number of benzene rings is 1. The molecule has 0 atom stereocenters. The number of hydrogen-bond donors (Lipinski definition) is 1. The average Bonchev–Trinajstić information content (AvgIpc) is 2.68. The predicted octanol–water partition coefficient (Wildman–Crippen LogP) is 1.49. The van der Waals surface area contributed by atoms with Crippen molar-refractivity contribution in [2.45, 2.75) is 11.4 Å². The van der Waals surface area contributed by atoms with Crippen molar-refractivity contribution < 1.29 is 23.1 Å². The van der Waals surface area contributed by atoms with E-state index in [0.29, 0.717) is 31.3 Å². The van der Waals surface area contributed by atoms with E-state index in [-0.39, 0.29) is 28.6 Å². The summed E-state index contributed by atoms with van der Waals surface area (Å²) in [5, 5.41) is 9.85. The van der Waals surface area contributed by atoms with Crippen molar-refractivity contribution in [3.63, 3.8) is 0 Å². The summed E-state index contributed by atoms with van der Waals surface area (Å²) < 4.78 is 31.8. The molecule has 0 amide bonds. The molecule has 9 nitrogen and oxygen atoms in total. The second-order valence-corrected chi connectivity index (χ2v) is 8.62. The molecular weight excluding hydrogens is 408 g/mol. The number of halogens is 1. The smallest absolute Gasteiger partial charge is 0.341 e. The molecule has 0 unspecified atom stereocenters. The number of rotatable bonds is 6. The molecular formula is C17H19ClN4O5S. The Morgan fingerprint density at radius 1 is 1.29 bits per heavy atom. The van der Waals surface area contributed by atoms with E-state index in [2.05, 4.69) is 9.97 Å². The fourth-order valence-electron chi connectivity index (χ4n) is 2.72. The van der Waals surface area contributed by atoms with E-state index in [0.717, 1.165) is 4.31 Å². The molecule has 1 saturated heterocycles. The lowest BCUT2D eigenvalue weighted by atomic mass is 10.2. The molecule has 1 aliphatic heterocycles. The van der Waals surface area contributed by atoms with Crippen LogP contribution in [0.3, 0.4) is 0 Å². The number of carboxylic acids is 1. The zero-order valence-electron chi connectivity index (χ0n) is 15.1. The van der Waals surface area contributed by atoms with Gasteiger partial charge in [-0.25, -0.2) is 23.2 Å². The second-order valence-electron chi connectivity index (χ2n) is 6.14. The minimum Gasteiger partial charge on any atom is -0.477 e.